The van der Waals surface area contributed by atoms with Gasteiger partial charge in [-0.3, -0.25) is 4.79 Å². The first kappa shape index (κ1) is 13.6. The van der Waals surface area contributed by atoms with Gasteiger partial charge >= 0.3 is 5.97 Å². The molecule has 1 saturated carbocycles. The van der Waals surface area contributed by atoms with Gasteiger partial charge in [-0.25, -0.2) is 8.78 Å². The molecule has 1 heterocycles. The van der Waals surface area contributed by atoms with E-state index >= 15 is 0 Å². The molecule has 3 nitrogen and oxygen atoms in total. The summed E-state index contributed by atoms with van der Waals surface area (Å²) in [5.41, 5.74) is -1.87. The Hall–Kier alpha value is -0.420. The van der Waals surface area contributed by atoms with Gasteiger partial charge in [0.2, 0.25) is 0 Å². The van der Waals surface area contributed by atoms with Crippen LogP contribution in [0.2, 0.25) is 0 Å². The molecule has 0 aromatic heterocycles. The van der Waals surface area contributed by atoms with Crippen LogP contribution in [0.15, 0.2) is 0 Å². The van der Waals surface area contributed by atoms with Crippen LogP contribution < -0.4 is 5.32 Å². The Balaban J connectivity index is 0.00000128. The van der Waals surface area contributed by atoms with Crippen molar-refractivity contribution in [1.82, 2.24) is 5.32 Å². The predicted octanol–water partition coefficient (Wildman–Crippen LogP) is 1.91. The van der Waals surface area contributed by atoms with Gasteiger partial charge < -0.3 is 10.4 Å². The average Bonchev–Trinajstić information content (AvgIpc) is 2.24. The van der Waals surface area contributed by atoms with E-state index in [4.69, 9.17) is 5.11 Å². The average molecular weight is 256 g/mol. The van der Waals surface area contributed by atoms with Gasteiger partial charge in [0.25, 0.3) is 5.92 Å². The summed E-state index contributed by atoms with van der Waals surface area (Å²) in [5.74, 6) is -5.24. The number of piperidine rings is 1. The van der Waals surface area contributed by atoms with Crippen LogP contribution in [0.1, 0.15) is 25.7 Å². The first-order valence-corrected chi connectivity index (χ1v) is 5.33. The summed E-state index contributed by atoms with van der Waals surface area (Å²) in [4.78, 5) is 11.1. The molecule has 2 unspecified atom stereocenters. The van der Waals surface area contributed by atoms with E-state index in [9.17, 15) is 13.6 Å². The maximum Gasteiger partial charge on any atom is 0.317 e. The molecule has 2 fully saturated rings. The Morgan fingerprint density at radius 1 is 1.38 bits per heavy atom. The largest absolute Gasteiger partial charge is 0.481 e. The number of fused-ring (bicyclic) bond motifs is 2. The van der Waals surface area contributed by atoms with E-state index in [1.807, 2.05) is 0 Å². The van der Waals surface area contributed by atoms with Crippen molar-refractivity contribution < 1.29 is 18.7 Å². The van der Waals surface area contributed by atoms with Crippen molar-refractivity contribution in [3.05, 3.63) is 0 Å². The van der Waals surface area contributed by atoms with E-state index in [1.54, 1.807) is 0 Å². The van der Waals surface area contributed by atoms with Crippen molar-refractivity contribution in [2.75, 3.05) is 13.1 Å². The summed E-state index contributed by atoms with van der Waals surface area (Å²) < 4.78 is 28.1. The number of halogens is 3. The normalized spacial score (nSPS) is 37.0. The fraction of sp³-hybridized carbons (Fsp3) is 0.900. The minimum absolute atomic E-state index is 0. The van der Waals surface area contributed by atoms with Gasteiger partial charge in [0.05, 0.1) is 0 Å². The Bertz CT molecular complexity index is 288. The summed E-state index contributed by atoms with van der Waals surface area (Å²) in [7, 11) is 0. The van der Waals surface area contributed by atoms with Crippen LogP contribution in [0.3, 0.4) is 0 Å². The zero-order valence-electron chi connectivity index (χ0n) is 8.84. The van der Waals surface area contributed by atoms with Crippen LogP contribution in [0, 0.1) is 11.3 Å². The highest BCUT2D eigenvalue weighted by Gasteiger charge is 2.64. The zero-order chi connectivity index (χ0) is 11.1. The van der Waals surface area contributed by atoms with E-state index in [0.717, 1.165) is 0 Å². The minimum Gasteiger partial charge on any atom is -0.481 e. The quantitative estimate of drug-likeness (QED) is 0.753. The van der Waals surface area contributed by atoms with E-state index < -0.39 is 23.2 Å². The fourth-order valence-corrected chi connectivity index (χ4v) is 2.78. The summed E-state index contributed by atoms with van der Waals surface area (Å²) in [6.07, 6.45) is 1.80. The molecule has 0 radical (unpaired) electrons. The van der Waals surface area contributed by atoms with Gasteiger partial charge in [-0.2, -0.15) is 0 Å². The molecule has 2 atom stereocenters. The second kappa shape index (κ2) is 4.45. The summed E-state index contributed by atoms with van der Waals surface area (Å²) in [6.45, 7) is 0.133. The number of hydrogen-bond acceptors (Lipinski definition) is 2. The van der Waals surface area contributed by atoms with E-state index in [-0.39, 0.29) is 31.9 Å². The maximum atomic E-state index is 14.1. The molecule has 1 saturated heterocycles. The number of carboxylic acid groups (broad SMARTS) is 1. The van der Waals surface area contributed by atoms with E-state index in [1.165, 1.54) is 0 Å². The third-order valence-corrected chi connectivity index (χ3v) is 3.78. The van der Waals surface area contributed by atoms with Gasteiger partial charge in [0.1, 0.15) is 5.41 Å². The van der Waals surface area contributed by atoms with Gasteiger partial charge in [0, 0.05) is 19.0 Å². The highest BCUT2D eigenvalue weighted by Crippen LogP contribution is 2.51. The lowest BCUT2D eigenvalue weighted by molar-refractivity contribution is -0.201. The Morgan fingerprint density at radius 3 is 2.69 bits per heavy atom. The highest BCUT2D eigenvalue weighted by atomic mass is 35.5. The molecule has 1 aliphatic carbocycles. The topological polar surface area (TPSA) is 49.3 Å². The van der Waals surface area contributed by atoms with Crippen molar-refractivity contribution in [2.24, 2.45) is 11.3 Å². The molecule has 2 bridgehead atoms. The molecule has 0 aromatic rings. The molecule has 94 valence electrons. The maximum absolute atomic E-state index is 14.1. The molecule has 16 heavy (non-hydrogen) atoms. The molecule has 2 aliphatic rings. The SMILES string of the molecule is Cl.O=C(O)C12CCCCC(CNC1)C2(F)F. The molecule has 2 rings (SSSR count). The Kier molecular flexibility index (Phi) is 3.80. The number of rotatable bonds is 1. The zero-order valence-corrected chi connectivity index (χ0v) is 9.66. The monoisotopic (exact) mass is 255 g/mol. The van der Waals surface area contributed by atoms with E-state index in [0.29, 0.717) is 19.3 Å². The van der Waals surface area contributed by atoms with Crippen LogP contribution in [0.4, 0.5) is 8.78 Å². The molecule has 6 heteroatoms. The Labute approximate surface area is 99.0 Å². The number of carbonyl (C=O) groups is 1. The third-order valence-electron chi connectivity index (χ3n) is 3.78. The van der Waals surface area contributed by atoms with Crippen molar-refractivity contribution >= 4 is 18.4 Å². The van der Waals surface area contributed by atoms with Crippen LogP contribution in [0.25, 0.3) is 0 Å². The Morgan fingerprint density at radius 2 is 2.06 bits per heavy atom. The van der Waals surface area contributed by atoms with Gasteiger partial charge in [-0.05, 0) is 12.8 Å². The molecular formula is C10H16ClF2NO2. The number of carboxylic acids is 1. The van der Waals surface area contributed by atoms with Crippen molar-refractivity contribution in [2.45, 2.75) is 31.6 Å². The number of alkyl halides is 2. The number of aliphatic carboxylic acids is 1. The summed E-state index contributed by atoms with van der Waals surface area (Å²) in [5, 5.41) is 11.9. The fourth-order valence-electron chi connectivity index (χ4n) is 2.78. The predicted molar refractivity (Wildman–Crippen MR) is 57.1 cm³/mol. The van der Waals surface area contributed by atoms with Crippen molar-refractivity contribution in [3.8, 4) is 0 Å². The first-order valence-electron chi connectivity index (χ1n) is 5.33. The summed E-state index contributed by atoms with van der Waals surface area (Å²) in [6, 6.07) is 0. The second-order valence-electron chi connectivity index (χ2n) is 4.58. The van der Waals surface area contributed by atoms with Crippen LogP contribution in [-0.4, -0.2) is 30.1 Å². The standard InChI is InChI=1S/C10H15F2NO2.ClH/c11-10(12)7-3-1-2-4-9(10,8(14)15)6-13-5-7;/h7,13H,1-6H2,(H,14,15);1H. The molecule has 0 aromatic carbocycles. The van der Waals surface area contributed by atoms with Crippen LogP contribution in [0.5, 0.6) is 0 Å². The third kappa shape index (κ3) is 1.70. The van der Waals surface area contributed by atoms with Crippen molar-refractivity contribution in [3.63, 3.8) is 0 Å². The summed E-state index contributed by atoms with van der Waals surface area (Å²) >= 11 is 0. The van der Waals surface area contributed by atoms with Crippen LogP contribution >= 0.6 is 12.4 Å². The highest BCUT2D eigenvalue weighted by molar-refractivity contribution is 5.85. The molecule has 1 aliphatic heterocycles. The lowest BCUT2D eigenvalue weighted by Gasteiger charge is -2.43. The molecule has 0 spiro atoms. The van der Waals surface area contributed by atoms with Crippen LogP contribution in [-0.2, 0) is 4.79 Å². The van der Waals surface area contributed by atoms with Gasteiger partial charge in [-0.15, -0.1) is 12.4 Å². The number of nitrogens with one attached hydrogen (secondary N) is 1. The lowest BCUT2D eigenvalue weighted by Crippen LogP contribution is -2.62. The number of hydrogen-bond donors (Lipinski definition) is 2. The molecule has 2 N–H and O–H groups in total. The second-order valence-corrected chi connectivity index (χ2v) is 4.58. The lowest BCUT2D eigenvalue weighted by atomic mass is 9.71. The van der Waals surface area contributed by atoms with Gasteiger partial charge in [0.15, 0.2) is 0 Å². The van der Waals surface area contributed by atoms with Crippen molar-refractivity contribution in [1.29, 1.82) is 0 Å². The van der Waals surface area contributed by atoms with E-state index in [2.05, 4.69) is 5.32 Å². The smallest absolute Gasteiger partial charge is 0.317 e. The first-order chi connectivity index (χ1) is 7.01. The minimum atomic E-state index is -3.07. The molecular weight excluding hydrogens is 240 g/mol. The van der Waals surface area contributed by atoms with Gasteiger partial charge in [-0.1, -0.05) is 12.8 Å². The molecule has 0 amide bonds.